The van der Waals surface area contributed by atoms with Crippen molar-refractivity contribution in [3.8, 4) is 0 Å². The maximum absolute atomic E-state index is 12.3. The molecule has 0 unspecified atom stereocenters. The van der Waals surface area contributed by atoms with Crippen LogP contribution in [0.15, 0.2) is 18.3 Å². The van der Waals surface area contributed by atoms with Gasteiger partial charge in [0.05, 0.1) is 0 Å². The maximum atomic E-state index is 12.3. The number of rotatable bonds is 4. The van der Waals surface area contributed by atoms with Crippen LogP contribution in [-0.4, -0.2) is 43.1 Å². The van der Waals surface area contributed by atoms with Gasteiger partial charge < -0.3 is 15.1 Å². The van der Waals surface area contributed by atoms with E-state index in [1.54, 1.807) is 6.20 Å². The Morgan fingerprint density at radius 1 is 1.29 bits per heavy atom. The van der Waals surface area contributed by atoms with Crippen molar-refractivity contribution < 1.29 is 4.79 Å². The largest absolute Gasteiger partial charge is 0.362 e. The maximum Gasteiger partial charge on any atom is 0.317 e. The van der Waals surface area contributed by atoms with Gasteiger partial charge in [-0.2, -0.15) is 0 Å². The molecule has 0 saturated heterocycles. The third-order valence-electron chi connectivity index (χ3n) is 4.16. The molecule has 116 valence electrons. The summed E-state index contributed by atoms with van der Waals surface area (Å²) in [4.78, 5) is 20.5. The molecule has 1 N–H and O–H groups in total. The number of nitrogens with one attached hydrogen (secondary N) is 1. The van der Waals surface area contributed by atoms with Crippen LogP contribution in [0.3, 0.4) is 0 Å². The summed E-state index contributed by atoms with van der Waals surface area (Å²) in [5.74, 6) is 0.901. The van der Waals surface area contributed by atoms with Gasteiger partial charge in [-0.1, -0.05) is 25.3 Å². The van der Waals surface area contributed by atoms with E-state index in [2.05, 4.69) is 10.3 Å². The van der Waals surface area contributed by atoms with Crippen LogP contribution in [0.1, 0.15) is 37.7 Å². The molecule has 1 fully saturated rings. The normalized spacial score (nSPS) is 15.6. The summed E-state index contributed by atoms with van der Waals surface area (Å²) in [5.41, 5.74) is 1.04. The molecule has 1 heterocycles. The summed E-state index contributed by atoms with van der Waals surface area (Å²) < 4.78 is 0. The third kappa shape index (κ3) is 4.09. The Hall–Kier alpha value is -1.78. The summed E-state index contributed by atoms with van der Waals surface area (Å²) in [6, 6.07) is 4.30. The molecule has 0 bridgehead atoms. The van der Waals surface area contributed by atoms with Gasteiger partial charge in [0.1, 0.15) is 5.82 Å². The standard InChI is InChI=1S/C16H26N4O/c1-19(2)15-13(8-7-11-17-15)12-18-16(21)20(3)14-9-5-4-6-10-14/h7-8,11,14H,4-6,9-10,12H2,1-3H3,(H,18,21). The number of carbonyl (C=O) groups is 1. The highest BCUT2D eigenvalue weighted by Gasteiger charge is 2.21. The van der Waals surface area contributed by atoms with Gasteiger partial charge in [0.25, 0.3) is 0 Å². The van der Waals surface area contributed by atoms with Crippen LogP contribution in [0.25, 0.3) is 0 Å². The van der Waals surface area contributed by atoms with Gasteiger partial charge in [0.15, 0.2) is 0 Å². The molecule has 5 heteroatoms. The zero-order chi connectivity index (χ0) is 15.2. The van der Waals surface area contributed by atoms with Crippen molar-refractivity contribution in [2.45, 2.75) is 44.7 Å². The summed E-state index contributed by atoms with van der Waals surface area (Å²) in [6.45, 7) is 0.511. The molecule has 0 radical (unpaired) electrons. The Bertz CT molecular complexity index is 469. The first kappa shape index (κ1) is 15.6. The molecule has 2 rings (SSSR count). The van der Waals surface area contributed by atoms with Gasteiger partial charge >= 0.3 is 6.03 Å². The van der Waals surface area contributed by atoms with E-state index >= 15 is 0 Å². The monoisotopic (exact) mass is 290 g/mol. The lowest BCUT2D eigenvalue weighted by Crippen LogP contribution is -2.44. The summed E-state index contributed by atoms with van der Waals surface area (Å²) in [6.07, 6.45) is 7.79. The number of amides is 2. The minimum absolute atomic E-state index is 0.00968. The zero-order valence-electron chi connectivity index (χ0n) is 13.3. The van der Waals surface area contributed by atoms with Crippen LogP contribution in [0.4, 0.5) is 10.6 Å². The Kier molecular flexibility index (Phi) is 5.42. The van der Waals surface area contributed by atoms with E-state index in [4.69, 9.17) is 0 Å². The first-order chi connectivity index (χ1) is 10.1. The fraction of sp³-hybridized carbons (Fsp3) is 0.625. The Labute approximate surface area is 127 Å². The van der Waals surface area contributed by atoms with Crippen LogP contribution >= 0.6 is 0 Å². The molecule has 21 heavy (non-hydrogen) atoms. The number of carbonyl (C=O) groups excluding carboxylic acids is 1. The fourth-order valence-corrected chi connectivity index (χ4v) is 2.90. The topological polar surface area (TPSA) is 48.5 Å². The first-order valence-corrected chi connectivity index (χ1v) is 7.71. The van der Waals surface area contributed by atoms with Crippen molar-refractivity contribution in [3.05, 3.63) is 23.9 Å². The van der Waals surface area contributed by atoms with E-state index in [1.807, 2.05) is 43.1 Å². The van der Waals surface area contributed by atoms with Crippen LogP contribution in [-0.2, 0) is 6.54 Å². The number of anilines is 1. The van der Waals surface area contributed by atoms with Crippen LogP contribution in [0.2, 0.25) is 0 Å². The summed E-state index contributed by atoms with van der Waals surface area (Å²) in [5, 5.41) is 3.01. The van der Waals surface area contributed by atoms with E-state index in [0.717, 1.165) is 24.2 Å². The van der Waals surface area contributed by atoms with Crippen LogP contribution in [0.5, 0.6) is 0 Å². The molecule has 1 aromatic rings. The second kappa shape index (κ2) is 7.29. The number of urea groups is 1. The lowest BCUT2D eigenvalue weighted by molar-refractivity contribution is 0.173. The molecule has 1 saturated carbocycles. The quantitative estimate of drug-likeness (QED) is 0.927. The smallest absolute Gasteiger partial charge is 0.317 e. The summed E-state index contributed by atoms with van der Waals surface area (Å²) in [7, 11) is 5.82. The Balaban J connectivity index is 1.91. The number of hydrogen-bond donors (Lipinski definition) is 1. The molecular formula is C16H26N4O. The number of hydrogen-bond acceptors (Lipinski definition) is 3. The highest BCUT2D eigenvalue weighted by atomic mass is 16.2. The third-order valence-corrected chi connectivity index (χ3v) is 4.16. The van der Waals surface area contributed by atoms with Gasteiger partial charge in [-0.3, -0.25) is 0 Å². The van der Waals surface area contributed by atoms with Gasteiger partial charge in [0, 0.05) is 45.5 Å². The average Bonchev–Trinajstić information content (AvgIpc) is 2.52. The lowest BCUT2D eigenvalue weighted by Gasteiger charge is -2.31. The predicted molar refractivity (Wildman–Crippen MR) is 85.4 cm³/mol. The molecule has 1 aromatic heterocycles. The second-order valence-electron chi connectivity index (χ2n) is 5.94. The van der Waals surface area contributed by atoms with E-state index < -0.39 is 0 Å². The van der Waals surface area contributed by atoms with E-state index in [0.29, 0.717) is 12.6 Å². The minimum Gasteiger partial charge on any atom is -0.362 e. The molecule has 0 atom stereocenters. The second-order valence-corrected chi connectivity index (χ2v) is 5.94. The molecule has 0 aromatic carbocycles. The number of aromatic nitrogens is 1. The highest BCUT2D eigenvalue weighted by molar-refractivity contribution is 5.74. The minimum atomic E-state index is 0.00968. The fourth-order valence-electron chi connectivity index (χ4n) is 2.90. The van der Waals surface area contributed by atoms with E-state index in [-0.39, 0.29) is 6.03 Å². The van der Waals surface area contributed by atoms with Crippen molar-refractivity contribution in [3.63, 3.8) is 0 Å². The molecule has 5 nitrogen and oxygen atoms in total. The average molecular weight is 290 g/mol. The molecule has 1 aliphatic rings. The van der Waals surface area contributed by atoms with Crippen molar-refractivity contribution in [1.82, 2.24) is 15.2 Å². The molecular weight excluding hydrogens is 264 g/mol. The van der Waals surface area contributed by atoms with Gasteiger partial charge in [0.2, 0.25) is 0 Å². The molecule has 1 aliphatic carbocycles. The zero-order valence-corrected chi connectivity index (χ0v) is 13.3. The summed E-state index contributed by atoms with van der Waals surface area (Å²) >= 11 is 0. The van der Waals surface area contributed by atoms with Gasteiger partial charge in [-0.15, -0.1) is 0 Å². The molecule has 0 spiro atoms. The predicted octanol–water partition coefficient (Wildman–Crippen LogP) is 2.62. The lowest BCUT2D eigenvalue weighted by atomic mass is 9.95. The van der Waals surface area contributed by atoms with Crippen molar-refractivity contribution >= 4 is 11.8 Å². The Morgan fingerprint density at radius 2 is 2.00 bits per heavy atom. The van der Waals surface area contributed by atoms with Crippen molar-refractivity contribution in [1.29, 1.82) is 0 Å². The van der Waals surface area contributed by atoms with Crippen LogP contribution in [0, 0.1) is 0 Å². The van der Waals surface area contributed by atoms with E-state index in [9.17, 15) is 4.79 Å². The van der Waals surface area contributed by atoms with Gasteiger partial charge in [-0.05, 0) is 18.9 Å². The number of pyridine rings is 1. The first-order valence-electron chi connectivity index (χ1n) is 7.71. The van der Waals surface area contributed by atoms with E-state index in [1.165, 1.54) is 19.3 Å². The van der Waals surface area contributed by atoms with Crippen molar-refractivity contribution in [2.75, 3.05) is 26.0 Å². The van der Waals surface area contributed by atoms with Gasteiger partial charge in [-0.25, -0.2) is 9.78 Å². The Morgan fingerprint density at radius 3 is 2.67 bits per heavy atom. The van der Waals surface area contributed by atoms with Crippen LogP contribution < -0.4 is 10.2 Å². The number of nitrogens with zero attached hydrogens (tertiary/aromatic N) is 3. The highest BCUT2D eigenvalue weighted by Crippen LogP contribution is 2.21. The van der Waals surface area contributed by atoms with Crippen molar-refractivity contribution in [2.24, 2.45) is 0 Å². The SMILES string of the molecule is CN(C)c1ncccc1CNC(=O)N(C)C1CCCCC1. The molecule has 0 aliphatic heterocycles. The molecule has 2 amide bonds.